The number of ether oxygens (including phenoxy) is 1. The molecule has 5 nitrogen and oxygen atoms in total. The van der Waals surface area contributed by atoms with Crippen LogP contribution in [0.5, 0.6) is 5.75 Å². The molecule has 0 aromatic heterocycles. The summed E-state index contributed by atoms with van der Waals surface area (Å²) < 4.78 is 32.1. The Morgan fingerprint density at radius 3 is 2.50 bits per heavy atom. The first-order chi connectivity index (χ1) is 9.46. The fraction of sp³-hybridized carbons (Fsp3) is 0.571. The summed E-state index contributed by atoms with van der Waals surface area (Å²) in [6.07, 6.45) is 5.21. The molecule has 0 bridgehead atoms. The minimum Gasteiger partial charge on any atom is -0.495 e. The van der Waals surface area contributed by atoms with E-state index in [1.165, 1.54) is 23.9 Å². The lowest BCUT2D eigenvalue weighted by atomic mass is 9.96. The van der Waals surface area contributed by atoms with Gasteiger partial charge in [-0.25, -0.2) is 8.42 Å². The van der Waals surface area contributed by atoms with Gasteiger partial charge < -0.3 is 10.5 Å². The normalized spacial score (nSPS) is 17.4. The molecule has 0 saturated heterocycles. The van der Waals surface area contributed by atoms with E-state index in [1.54, 1.807) is 19.2 Å². The molecule has 0 radical (unpaired) electrons. The van der Waals surface area contributed by atoms with Gasteiger partial charge in [-0.1, -0.05) is 19.3 Å². The Morgan fingerprint density at radius 1 is 1.25 bits per heavy atom. The molecule has 0 atom stereocenters. The molecule has 1 aromatic rings. The van der Waals surface area contributed by atoms with Crippen LogP contribution in [0.25, 0.3) is 0 Å². The number of hydrogen-bond donors (Lipinski definition) is 1. The van der Waals surface area contributed by atoms with Gasteiger partial charge in [-0.2, -0.15) is 4.31 Å². The van der Waals surface area contributed by atoms with Gasteiger partial charge in [0.1, 0.15) is 10.6 Å². The lowest BCUT2D eigenvalue weighted by molar-refractivity contribution is 0.284. The molecule has 0 amide bonds. The summed E-state index contributed by atoms with van der Waals surface area (Å²) in [6, 6.07) is 4.73. The van der Waals surface area contributed by atoms with E-state index < -0.39 is 10.0 Å². The predicted molar refractivity (Wildman–Crippen MR) is 79.2 cm³/mol. The van der Waals surface area contributed by atoms with Crippen LogP contribution in [0.2, 0.25) is 0 Å². The average molecular weight is 298 g/mol. The first kappa shape index (κ1) is 15.1. The topological polar surface area (TPSA) is 72.6 Å². The zero-order chi connectivity index (χ0) is 14.8. The van der Waals surface area contributed by atoms with E-state index in [0.717, 1.165) is 25.7 Å². The highest BCUT2D eigenvalue weighted by molar-refractivity contribution is 7.89. The van der Waals surface area contributed by atoms with Crippen LogP contribution >= 0.6 is 0 Å². The summed E-state index contributed by atoms with van der Waals surface area (Å²) >= 11 is 0. The molecule has 112 valence electrons. The SMILES string of the molecule is COc1cc(N)ccc1S(=O)(=O)N(C)C1CCCCC1. The number of nitrogens with zero attached hydrogens (tertiary/aromatic N) is 1. The molecular formula is C14H22N2O3S. The van der Waals surface area contributed by atoms with Gasteiger partial charge in [0.25, 0.3) is 0 Å². The Hall–Kier alpha value is -1.27. The van der Waals surface area contributed by atoms with Gasteiger partial charge in [-0.15, -0.1) is 0 Å². The molecule has 2 N–H and O–H groups in total. The highest BCUT2D eigenvalue weighted by Crippen LogP contribution is 2.31. The van der Waals surface area contributed by atoms with Crippen LogP contribution in [0.15, 0.2) is 23.1 Å². The van der Waals surface area contributed by atoms with Crippen LogP contribution in [0.4, 0.5) is 5.69 Å². The maximum Gasteiger partial charge on any atom is 0.246 e. The second-order valence-electron chi connectivity index (χ2n) is 5.22. The number of nitrogens with two attached hydrogens (primary N) is 1. The maximum absolute atomic E-state index is 12.7. The van der Waals surface area contributed by atoms with Gasteiger partial charge in [0, 0.05) is 24.8 Å². The molecule has 6 heteroatoms. The van der Waals surface area contributed by atoms with Crippen molar-refractivity contribution in [2.24, 2.45) is 0 Å². The van der Waals surface area contributed by atoms with E-state index in [0.29, 0.717) is 11.4 Å². The van der Waals surface area contributed by atoms with Crippen molar-refractivity contribution in [2.75, 3.05) is 19.9 Å². The third-order valence-electron chi connectivity index (χ3n) is 3.93. The lowest BCUT2D eigenvalue weighted by Gasteiger charge is -2.30. The largest absolute Gasteiger partial charge is 0.495 e. The van der Waals surface area contributed by atoms with Crippen LogP contribution in [0.1, 0.15) is 32.1 Å². The molecule has 1 fully saturated rings. The Balaban J connectivity index is 2.34. The summed E-state index contributed by atoms with van der Waals surface area (Å²) in [5.41, 5.74) is 6.16. The quantitative estimate of drug-likeness (QED) is 0.865. The molecular weight excluding hydrogens is 276 g/mol. The number of methoxy groups -OCH3 is 1. The van der Waals surface area contributed by atoms with Gasteiger partial charge in [0.15, 0.2) is 0 Å². The number of benzene rings is 1. The minimum absolute atomic E-state index is 0.0796. The van der Waals surface area contributed by atoms with Crippen molar-refractivity contribution in [2.45, 2.75) is 43.0 Å². The van der Waals surface area contributed by atoms with Crippen LogP contribution < -0.4 is 10.5 Å². The van der Waals surface area contributed by atoms with E-state index in [2.05, 4.69) is 0 Å². The van der Waals surface area contributed by atoms with E-state index in [-0.39, 0.29) is 10.9 Å². The molecule has 1 aromatic carbocycles. The van der Waals surface area contributed by atoms with E-state index in [4.69, 9.17) is 10.5 Å². The number of sulfonamides is 1. The van der Waals surface area contributed by atoms with Crippen molar-refractivity contribution in [1.82, 2.24) is 4.31 Å². The van der Waals surface area contributed by atoms with Crippen LogP contribution in [0.3, 0.4) is 0 Å². The van der Waals surface area contributed by atoms with Crippen LogP contribution in [-0.2, 0) is 10.0 Å². The summed E-state index contributed by atoms with van der Waals surface area (Å²) in [4.78, 5) is 0.183. The summed E-state index contributed by atoms with van der Waals surface area (Å²) in [5, 5.41) is 0. The molecule has 2 rings (SSSR count). The molecule has 1 aliphatic rings. The molecule has 0 spiro atoms. The Morgan fingerprint density at radius 2 is 1.90 bits per heavy atom. The Bertz CT molecular complexity index is 566. The van der Waals surface area contributed by atoms with Crippen molar-refractivity contribution >= 4 is 15.7 Å². The number of nitrogen functional groups attached to an aromatic ring is 1. The highest BCUT2D eigenvalue weighted by Gasteiger charge is 2.31. The molecule has 1 aliphatic carbocycles. The van der Waals surface area contributed by atoms with Crippen molar-refractivity contribution in [1.29, 1.82) is 0 Å². The highest BCUT2D eigenvalue weighted by atomic mass is 32.2. The molecule has 0 heterocycles. The Labute approximate surface area is 120 Å². The van der Waals surface area contributed by atoms with E-state index >= 15 is 0 Å². The zero-order valence-electron chi connectivity index (χ0n) is 12.0. The van der Waals surface area contributed by atoms with Crippen LogP contribution in [0, 0.1) is 0 Å². The molecule has 20 heavy (non-hydrogen) atoms. The fourth-order valence-corrected chi connectivity index (χ4v) is 4.24. The van der Waals surface area contributed by atoms with E-state index in [1.807, 2.05) is 0 Å². The van der Waals surface area contributed by atoms with Gasteiger partial charge in [0.2, 0.25) is 10.0 Å². The van der Waals surface area contributed by atoms with Crippen molar-refractivity contribution in [3.63, 3.8) is 0 Å². The van der Waals surface area contributed by atoms with E-state index in [9.17, 15) is 8.42 Å². The zero-order valence-corrected chi connectivity index (χ0v) is 12.8. The number of rotatable bonds is 4. The van der Waals surface area contributed by atoms with Crippen molar-refractivity contribution in [3.05, 3.63) is 18.2 Å². The second-order valence-corrected chi connectivity index (χ2v) is 7.19. The molecule has 0 unspecified atom stereocenters. The minimum atomic E-state index is -3.55. The number of hydrogen-bond acceptors (Lipinski definition) is 4. The van der Waals surface area contributed by atoms with Crippen molar-refractivity contribution < 1.29 is 13.2 Å². The predicted octanol–water partition coefficient (Wildman–Crippen LogP) is 2.23. The monoisotopic (exact) mass is 298 g/mol. The lowest BCUT2D eigenvalue weighted by Crippen LogP contribution is -2.38. The Kier molecular flexibility index (Phi) is 4.55. The van der Waals surface area contributed by atoms with Gasteiger partial charge >= 0.3 is 0 Å². The maximum atomic E-state index is 12.7. The third kappa shape index (κ3) is 2.91. The van der Waals surface area contributed by atoms with Gasteiger partial charge in [-0.3, -0.25) is 0 Å². The van der Waals surface area contributed by atoms with Crippen LogP contribution in [-0.4, -0.2) is 32.9 Å². The summed E-state index contributed by atoms with van der Waals surface area (Å²) in [6.45, 7) is 0. The summed E-state index contributed by atoms with van der Waals surface area (Å²) in [7, 11) is -0.439. The molecule has 0 aliphatic heterocycles. The smallest absolute Gasteiger partial charge is 0.246 e. The van der Waals surface area contributed by atoms with Gasteiger partial charge in [-0.05, 0) is 25.0 Å². The third-order valence-corrected chi connectivity index (χ3v) is 5.88. The fourth-order valence-electron chi connectivity index (χ4n) is 2.69. The average Bonchev–Trinajstić information content (AvgIpc) is 2.46. The first-order valence-electron chi connectivity index (χ1n) is 6.88. The molecule has 1 saturated carbocycles. The van der Waals surface area contributed by atoms with Gasteiger partial charge in [0.05, 0.1) is 7.11 Å². The second kappa shape index (κ2) is 6.01. The van der Waals surface area contributed by atoms with Crippen molar-refractivity contribution in [3.8, 4) is 5.75 Å². The standard InChI is InChI=1S/C14H22N2O3S/c1-16(12-6-4-3-5-7-12)20(17,18)14-9-8-11(15)10-13(14)19-2/h8-10,12H,3-7,15H2,1-2H3. The first-order valence-corrected chi connectivity index (χ1v) is 8.32. The number of anilines is 1. The summed E-state index contributed by atoms with van der Waals surface area (Å²) in [5.74, 6) is 0.299.